The Kier molecular flexibility index (Phi) is 4.16. The van der Waals surface area contributed by atoms with Crippen molar-refractivity contribution in [3.8, 4) is 5.75 Å². The van der Waals surface area contributed by atoms with Crippen LogP contribution in [0.4, 0.5) is 0 Å². The van der Waals surface area contributed by atoms with Crippen LogP contribution in [0.1, 0.15) is 30.4 Å². The third-order valence-corrected chi connectivity index (χ3v) is 8.25. The fraction of sp³-hybridized carbons (Fsp3) is 0.350. The number of hydrogen-bond acceptors (Lipinski definition) is 4. The van der Waals surface area contributed by atoms with Crippen LogP contribution >= 0.6 is 15.9 Å². The molecule has 27 heavy (non-hydrogen) atoms. The fourth-order valence-electron chi connectivity index (χ4n) is 3.99. The molecule has 0 spiro atoms. The Hall–Kier alpha value is -1.86. The fourth-order valence-corrected chi connectivity index (χ4v) is 6.28. The highest BCUT2D eigenvalue weighted by Gasteiger charge is 2.57. The van der Waals surface area contributed by atoms with E-state index in [0.717, 1.165) is 15.6 Å². The summed E-state index contributed by atoms with van der Waals surface area (Å²) >= 11 is 3.44. The Morgan fingerprint density at radius 3 is 2.52 bits per heavy atom. The topological polar surface area (TPSA) is 63.7 Å². The first-order valence-corrected chi connectivity index (χ1v) is 11.0. The number of amides is 1. The molecule has 2 aromatic rings. The van der Waals surface area contributed by atoms with Gasteiger partial charge in [-0.3, -0.25) is 4.79 Å². The molecule has 2 bridgehead atoms. The van der Waals surface area contributed by atoms with Crippen molar-refractivity contribution >= 4 is 31.7 Å². The zero-order chi connectivity index (χ0) is 19.6. The SMILES string of the molecule is Cc1ccc(S(=O)(=O)[C@H]2C(=O)N(C)[C@]3(C)C[C@@H]2c2cc(Br)ccc2O3)cc1. The van der Waals surface area contributed by atoms with Crippen LogP contribution in [-0.4, -0.2) is 37.2 Å². The standard InChI is InChI=1S/C20H20BrNO4S/c1-12-4-7-14(8-5-12)27(24,25)18-16-11-20(2,22(3)19(18)23)26-17-9-6-13(21)10-15(16)17/h4-10,16,18H,11H2,1-3H3/t16-,18-,20+/m1/s1. The van der Waals surface area contributed by atoms with E-state index in [1.54, 1.807) is 31.3 Å². The summed E-state index contributed by atoms with van der Waals surface area (Å²) in [5.41, 5.74) is 0.861. The van der Waals surface area contributed by atoms with Gasteiger partial charge >= 0.3 is 0 Å². The first-order valence-electron chi connectivity index (χ1n) is 8.70. The molecular weight excluding hydrogens is 430 g/mol. The number of sulfone groups is 1. The summed E-state index contributed by atoms with van der Waals surface area (Å²) in [6.45, 7) is 3.73. The minimum Gasteiger partial charge on any atom is -0.468 e. The molecule has 0 aromatic heterocycles. The molecule has 1 amide bonds. The Morgan fingerprint density at radius 1 is 1.19 bits per heavy atom. The van der Waals surface area contributed by atoms with Gasteiger partial charge in [-0.15, -0.1) is 0 Å². The number of hydrogen-bond donors (Lipinski definition) is 0. The van der Waals surface area contributed by atoms with Crippen molar-refractivity contribution in [2.24, 2.45) is 0 Å². The van der Waals surface area contributed by atoms with Crippen molar-refractivity contribution < 1.29 is 17.9 Å². The predicted molar refractivity (Wildman–Crippen MR) is 105 cm³/mol. The normalized spacial score (nSPS) is 27.1. The third kappa shape index (κ3) is 2.79. The Balaban J connectivity index is 1.90. The van der Waals surface area contributed by atoms with E-state index in [9.17, 15) is 13.2 Å². The molecule has 0 aliphatic carbocycles. The molecule has 1 fully saturated rings. The second kappa shape index (κ2) is 6.07. The summed E-state index contributed by atoms with van der Waals surface area (Å²) in [7, 11) is -2.24. The van der Waals surface area contributed by atoms with Crippen molar-refractivity contribution in [2.45, 2.75) is 42.1 Å². The van der Waals surface area contributed by atoms with Gasteiger partial charge in [-0.05, 0) is 44.2 Å². The zero-order valence-electron chi connectivity index (χ0n) is 15.3. The van der Waals surface area contributed by atoms with Gasteiger partial charge < -0.3 is 9.64 Å². The molecule has 1 saturated heterocycles. The van der Waals surface area contributed by atoms with Gasteiger partial charge in [-0.25, -0.2) is 8.42 Å². The number of carbonyl (C=O) groups is 1. The number of likely N-dealkylation sites (tertiary alicyclic amines) is 1. The molecule has 5 nitrogen and oxygen atoms in total. The molecule has 4 rings (SSSR count). The molecular formula is C20H20BrNO4S. The lowest BCUT2D eigenvalue weighted by molar-refractivity contribution is -0.159. The molecule has 2 heterocycles. The maximum atomic E-state index is 13.5. The minimum atomic E-state index is -3.86. The second-order valence-corrected chi connectivity index (χ2v) is 10.4. The lowest BCUT2D eigenvalue weighted by Crippen LogP contribution is -2.64. The molecule has 2 aliphatic rings. The molecule has 0 saturated carbocycles. The number of fused-ring (bicyclic) bond motifs is 4. The Morgan fingerprint density at radius 2 is 1.85 bits per heavy atom. The molecule has 0 N–H and O–H groups in total. The molecule has 2 aromatic carbocycles. The Bertz CT molecular complexity index is 1030. The third-order valence-electron chi connectivity index (χ3n) is 5.63. The number of halogens is 1. The number of nitrogens with zero attached hydrogens (tertiary/aromatic N) is 1. The number of benzene rings is 2. The van der Waals surface area contributed by atoms with Crippen molar-refractivity contribution in [2.75, 3.05) is 7.05 Å². The lowest BCUT2D eigenvalue weighted by Gasteiger charge is -2.51. The van der Waals surface area contributed by atoms with E-state index in [4.69, 9.17) is 4.74 Å². The van der Waals surface area contributed by atoms with Crippen LogP contribution in [0.2, 0.25) is 0 Å². The number of ether oxygens (including phenoxy) is 1. The van der Waals surface area contributed by atoms with Gasteiger partial charge in [0, 0.05) is 29.4 Å². The molecule has 0 radical (unpaired) electrons. The van der Waals surface area contributed by atoms with E-state index < -0.39 is 32.6 Å². The van der Waals surface area contributed by atoms with Gasteiger partial charge in [0.05, 0.1) is 4.90 Å². The predicted octanol–water partition coefficient (Wildman–Crippen LogP) is 3.65. The highest BCUT2D eigenvalue weighted by Crippen LogP contribution is 2.50. The highest BCUT2D eigenvalue weighted by atomic mass is 79.9. The van der Waals surface area contributed by atoms with E-state index in [1.807, 2.05) is 32.0 Å². The van der Waals surface area contributed by atoms with E-state index in [0.29, 0.717) is 12.2 Å². The van der Waals surface area contributed by atoms with Crippen LogP contribution < -0.4 is 4.74 Å². The van der Waals surface area contributed by atoms with Crippen LogP contribution in [0.25, 0.3) is 0 Å². The summed E-state index contributed by atoms with van der Waals surface area (Å²) in [6, 6.07) is 12.2. The average molecular weight is 450 g/mol. The second-order valence-electron chi connectivity index (χ2n) is 7.45. The van der Waals surface area contributed by atoms with Gasteiger partial charge in [0.15, 0.2) is 20.8 Å². The summed E-state index contributed by atoms with van der Waals surface area (Å²) in [6.07, 6.45) is 0.425. The van der Waals surface area contributed by atoms with Crippen LogP contribution in [-0.2, 0) is 14.6 Å². The number of aryl methyl sites for hydroxylation is 1. The monoisotopic (exact) mass is 449 g/mol. The first kappa shape index (κ1) is 18.5. The quantitative estimate of drug-likeness (QED) is 0.701. The molecule has 3 atom stereocenters. The van der Waals surface area contributed by atoms with Gasteiger partial charge in [-0.1, -0.05) is 33.6 Å². The van der Waals surface area contributed by atoms with E-state index >= 15 is 0 Å². The van der Waals surface area contributed by atoms with Gasteiger partial charge in [-0.2, -0.15) is 0 Å². The van der Waals surface area contributed by atoms with Gasteiger partial charge in [0.25, 0.3) is 0 Å². The van der Waals surface area contributed by atoms with Crippen LogP contribution in [0.15, 0.2) is 51.8 Å². The number of rotatable bonds is 2. The van der Waals surface area contributed by atoms with E-state index in [2.05, 4.69) is 15.9 Å². The largest absolute Gasteiger partial charge is 0.468 e. The van der Waals surface area contributed by atoms with Crippen molar-refractivity contribution in [3.63, 3.8) is 0 Å². The maximum absolute atomic E-state index is 13.5. The summed E-state index contributed by atoms with van der Waals surface area (Å²) in [4.78, 5) is 14.8. The number of carbonyl (C=O) groups excluding carboxylic acids is 1. The molecule has 142 valence electrons. The smallest absolute Gasteiger partial charge is 0.244 e. The van der Waals surface area contributed by atoms with Gasteiger partial charge in [0.2, 0.25) is 5.91 Å². The summed E-state index contributed by atoms with van der Waals surface area (Å²) < 4.78 is 33.8. The molecule has 7 heteroatoms. The van der Waals surface area contributed by atoms with Crippen LogP contribution in [0.5, 0.6) is 5.75 Å². The average Bonchev–Trinajstić information content (AvgIpc) is 2.61. The van der Waals surface area contributed by atoms with Crippen molar-refractivity contribution in [3.05, 3.63) is 58.1 Å². The maximum Gasteiger partial charge on any atom is 0.244 e. The zero-order valence-corrected chi connectivity index (χ0v) is 17.7. The van der Waals surface area contributed by atoms with Crippen molar-refractivity contribution in [1.29, 1.82) is 0 Å². The summed E-state index contributed by atoms with van der Waals surface area (Å²) in [5, 5.41) is -1.17. The van der Waals surface area contributed by atoms with Crippen molar-refractivity contribution in [1.82, 2.24) is 4.90 Å². The Labute approximate surface area is 167 Å². The van der Waals surface area contributed by atoms with Gasteiger partial charge in [0.1, 0.15) is 5.75 Å². The van der Waals surface area contributed by atoms with Crippen LogP contribution in [0, 0.1) is 6.92 Å². The highest BCUT2D eigenvalue weighted by molar-refractivity contribution is 9.10. The first-order chi connectivity index (χ1) is 12.6. The van der Waals surface area contributed by atoms with E-state index in [-0.39, 0.29) is 4.90 Å². The molecule has 2 aliphatic heterocycles. The van der Waals surface area contributed by atoms with E-state index in [1.165, 1.54) is 4.90 Å². The lowest BCUT2D eigenvalue weighted by atomic mass is 9.80. The molecule has 0 unspecified atom stereocenters. The van der Waals surface area contributed by atoms with Crippen LogP contribution in [0.3, 0.4) is 0 Å². The minimum absolute atomic E-state index is 0.173. The number of piperidine rings is 1. The summed E-state index contributed by atoms with van der Waals surface area (Å²) in [5.74, 6) is -0.272.